The van der Waals surface area contributed by atoms with Crippen LogP contribution in [0.2, 0.25) is 0 Å². The summed E-state index contributed by atoms with van der Waals surface area (Å²) in [4.78, 5) is 10.7. The van der Waals surface area contributed by atoms with Gasteiger partial charge < -0.3 is 0 Å². The van der Waals surface area contributed by atoms with Crippen LogP contribution >= 0.6 is 0 Å². The summed E-state index contributed by atoms with van der Waals surface area (Å²) in [5, 5.41) is 11.0. The molecule has 2 aliphatic rings. The van der Waals surface area contributed by atoms with Crippen LogP contribution in [0.1, 0.15) is 36.4 Å². The smallest absolute Gasteiger partial charge is 0.264 e. The number of hydrogen-bond donors (Lipinski definition) is 2. The lowest BCUT2D eigenvalue weighted by Gasteiger charge is -2.29. The van der Waals surface area contributed by atoms with Gasteiger partial charge in [-0.2, -0.15) is 13.2 Å². The van der Waals surface area contributed by atoms with Crippen molar-refractivity contribution in [2.24, 2.45) is 5.92 Å². The van der Waals surface area contributed by atoms with E-state index in [9.17, 15) is 23.3 Å². The zero-order chi connectivity index (χ0) is 15.9. The van der Waals surface area contributed by atoms with Gasteiger partial charge in [-0.1, -0.05) is 12.1 Å². The van der Waals surface area contributed by atoms with Crippen molar-refractivity contribution in [1.82, 2.24) is 10.9 Å². The Labute approximate surface area is 125 Å². The second-order valence-electron chi connectivity index (χ2n) is 5.91. The number of nitrogens with one attached hydrogen (secondary N) is 2. The molecule has 5 nitrogen and oxygen atoms in total. The Morgan fingerprint density at radius 1 is 1.23 bits per heavy atom. The average molecular weight is 315 g/mol. The number of nitro groups is 1. The molecule has 1 aromatic carbocycles. The van der Waals surface area contributed by atoms with Gasteiger partial charge in [-0.25, -0.2) is 5.43 Å². The van der Waals surface area contributed by atoms with E-state index >= 15 is 0 Å². The Bertz CT molecular complexity index is 579. The van der Waals surface area contributed by atoms with Gasteiger partial charge in [0, 0.05) is 29.7 Å². The number of rotatable bonds is 2. The molecular formula is C14H16F3N3O2. The quantitative estimate of drug-likeness (QED) is 0.650. The molecule has 1 saturated carbocycles. The Morgan fingerprint density at radius 3 is 2.68 bits per heavy atom. The molecule has 2 N–H and O–H groups in total. The Kier molecular flexibility index (Phi) is 3.82. The average Bonchev–Trinajstić information content (AvgIpc) is 2.89. The number of alkyl halides is 3. The number of hydrogen-bond acceptors (Lipinski definition) is 4. The van der Waals surface area contributed by atoms with E-state index in [1.807, 2.05) is 0 Å². The van der Waals surface area contributed by atoms with E-state index in [0.717, 1.165) is 12.1 Å². The zero-order valence-corrected chi connectivity index (χ0v) is 11.6. The van der Waals surface area contributed by atoms with Gasteiger partial charge in [0.15, 0.2) is 0 Å². The predicted octanol–water partition coefficient (Wildman–Crippen LogP) is 2.67. The highest BCUT2D eigenvalue weighted by Gasteiger charge is 2.44. The van der Waals surface area contributed by atoms with Gasteiger partial charge in [0.2, 0.25) is 6.04 Å². The summed E-state index contributed by atoms with van der Waals surface area (Å²) in [5.41, 5.74) is 5.90. The maximum Gasteiger partial charge on any atom is 0.416 e. The Balaban J connectivity index is 1.84. The summed E-state index contributed by atoms with van der Waals surface area (Å²) in [7, 11) is 0. The van der Waals surface area contributed by atoms with Gasteiger partial charge in [-0.15, -0.1) is 0 Å². The molecule has 0 amide bonds. The molecule has 2 fully saturated rings. The SMILES string of the molecule is O=[N+]([O-])C1CCC2NNC(c3cccc(C(F)(F)F)c3)C2C1. The molecule has 0 spiro atoms. The summed E-state index contributed by atoms with van der Waals surface area (Å²) >= 11 is 0. The van der Waals surface area contributed by atoms with Crippen LogP contribution in [0.5, 0.6) is 0 Å². The van der Waals surface area contributed by atoms with Crippen LogP contribution in [0, 0.1) is 16.0 Å². The highest BCUT2D eigenvalue weighted by molar-refractivity contribution is 5.29. The fraction of sp³-hybridized carbons (Fsp3) is 0.571. The molecule has 1 heterocycles. The minimum absolute atomic E-state index is 0.0655. The molecule has 4 atom stereocenters. The third-order valence-electron chi connectivity index (χ3n) is 4.60. The molecule has 120 valence electrons. The minimum atomic E-state index is -4.39. The fourth-order valence-corrected chi connectivity index (χ4v) is 3.46. The van der Waals surface area contributed by atoms with Crippen molar-refractivity contribution in [1.29, 1.82) is 0 Å². The molecule has 4 unspecified atom stereocenters. The summed E-state index contributed by atoms with van der Waals surface area (Å²) in [6.07, 6.45) is -2.87. The van der Waals surface area contributed by atoms with Crippen LogP contribution in [0.4, 0.5) is 13.2 Å². The van der Waals surface area contributed by atoms with Crippen molar-refractivity contribution in [3.63, 3.8) is 0 Å². The topological polar surface area (TPSA) is 67.2 Å². The van der Waals surface area contributed by atoms with Crippen molar-refractivity contribution in [2.45, 2.75) is 43.6 Å². The van der Waals surface area contributed by atoms with Crippen LogP contribution in [0.25, 0.3) is 0 Å². The maximum atomic E-state index is 12.8. The molecule has 1 saturated heterocycles. The summed E-state index contributed by atoms with van der Waals surface area (Å²) in [5.74, 6) is -0.0763. The molecule has 8 heteroatoms. The number of hydrazine groups is 1. The lowest BCUT2D eigenvalue weighted by Crippen LogP contribution is -2.39. The molecule has 1 aliphatic heterocycles. The van der Waals surface area contributed by atoms with Crippen LogP contribution in [-0.2, 0) is 6.18 Å². The van der Waals surface area contributed by atoms with E-state index < -0.39 is 17.8 Å². The third-order valence-corrected chi connectivity index (χ3v) is 4.60. The standard InChI is InChI=1S/C14H16F3N3O2/c15-14(16,17)9-3-1-2-8(6-9)13-11-7-10(20(21)22)4-5-12(11)18-19-13/h1-3,6,10-13,18-19H,4-5,7H2. The molecule has 0 bridgehead atoms. The van der Waals surface area contributed by atoms with E-state index in [4.69, 9.17) is 0 Å². The van der Waals surface area contributed by atoms with E-state index in [-0.39, 0.29) is 22.9 Å². The zero-order valence-electron chi connectivity index (χ0n) is 11.6. The van der Waals surface area contributed by atoms with Crippen molar-refractivity contribution in [3.05, 3.63) is 45.5 Å². The lowest BCUT2D eigenvalue weighted by atomic mass is 9.77. The van der Waals surface area contributed by atoms with Crippen LogP contribution < -0.4 is 10.9 Å². The second-order valence-corrected chi connectivity index (χ2v) is 5.91. The molecule has 0 aromatic heterocycles. The van der Waals surface area contributed by atoms with E-state index in [1.165, 1.54) is 6.07 Å². The minimum Gasteiger partial charge on any atom is -0.264 e. The number of fused-ring (bicyclic) bond motifs is 1. The van der Waals surface area contributed by atoms with Gasteiger partial charge in [0.25, 0.3) is 0 Å². The highest BCUT2D eigenvalue weighted by Crippen LogP contribution is 2.40. The first-order chi connectivity index (χ1) is 10.4. The van der Waals surface area contributed by atoms with Gasteiger partial charge >= 0.3 is 6.18 Å². The molecule has 1 aliphatic carbocycles. The van der Waals surface area contributed by atoms with Gasteiger partial charge in [0.1, 0.15) is 0 Å². The van der Waals surface area contributed by atoms with Crippen LogP contribution in [0.15, 0.2) is 24.3 Å². The third kappa shape index (κ3) is 2.80. The number of nitrogens with zero attached hydrogens (tertiary/aromatic N) is 1. The Morgan fingerprint density at radius 2 is 2.00 bits per heavy atom. The molecule has 3 rings (SSSR count). The first-order valence-electron chi connectivity index (χ1n) is 7.18. The predicted molar refractivity (Wildman–Crippen MR) is 72.4 cm³/mol. The van der Waals surface area contributed by atoms with E-state index in [1.54, 1.807) is 6.07 Å². The summed E-state index contributed by atoms with van der Waals surface area (Å²) < 4.78 is 38.5. The van der Waals surface area contributed by atoms with Crippen LogP contribution in [0.3, 0.4) is 0 Å². The van der Waals surface area contributed by atoms with Crippen LogP contribution in [-0.4, -0.2) is 17.0 Å². The normalized spacial score (nSPS) is 31.8. The largest absolute Gasteiger partial charge is 0.416 e. The Hall–Kier alpha value is -1.67. The fourth-order valence-electron chi connectivity index (χ4n) is 3.46. The van der Waals surface area contributed by atoms with Crippen molar-refractivity contribution < 1.29 is 18.1 Å². The highest BCUT2D eigenvalue weighted by atomic mass is 19.4. The van der Waals surface area contributed by atoms with Crippen molar-refractivity contribution >= 4 is 0 Å². The second kappa shape index (κ2) is 5.51. The summed E-state index contributed by atoms with van der Waals surface area (Å²) in [6, 6.07) is 4.27. The van der Waals surface area contributed by atoms with E-state index in [2.05, 4.69) is 10.9 Å². The monoisotopic (exact) mass is 315 g/mol. The first kappa shape index (κ1) is 15.2. The molecule has 22 heavy (non-hydrogen) atoms. The first-order valence-corrected chi connectivity index (χ1v) is 7.18. The maximum absolute atomic E-state index is 12.8. The van der Waals surface area contributed by atoms with Gasteiger partial charge in [-0.3, -0.25) is 15.5 Å². The molecular weight excluding hydrogens is 299 g/mol. The van der Waals surface area contributed by atoms with E-state index in [0.29, 0.717) is 24.8 Å². The van der Waals surface area contributed by atoms with Crippen molar-refractivity contribution in [3.8, 4) is 0 Å². The molecule has 0 radical (unpaired) electrons. The van der Waals surface area contributed by atoms with Gasteiger partial charge in [0.05, 0.1) is 11.6 Å². The molecule has 1 aromatic rings. The summed E-state index contributed by atoms with van der Waals surface area (Å²) in [6.45, 7) is 0. The lowest BCUT2D eigenvalue weighted by molar-refractivity contribution is -0.528. The number of halogens is 3. The number of benzene rings is 1. The van der Waals surface area contributed by atoms with Gasteiger partial charge in [-0.05, 0) is 24.1 Å². The van der Waals surface area contributed by atoms with Crippen molar-refractivity contribution in [2.75, 3.05) is 0 Å².